The lowest BCUT2D eigenvalue weighted by molar-refractivity contribution is -0.131. The summed E-state index contributed by atoms with van der Waals surface area (Å²) >= 11 is 11.9. The van der Waals surface area contributed by atoms with E-state index in [9.17, 15) is 9.59 Å². The number of halogens is 2. The topological polar surface area (TPSA) is 49.4 Å². The molecule has 1 aliphatic rings. The van der Waals surface area contributed by atoms with E-state index in [0.717, 1.165) is 0 Å². The van der Waals surface area contributed by atoms with Gasteiger partial charge >= 0.3 is 0 Å². The van der Waals surface area contributed by atoms with Gasteiger partial charge < -0.3 is 10.2 Å². The zero-order valence-electron chi connectivity index (χ0n) is 9.74. The Bertz CT molecular complexity index is 485. The van der Waals surface area contributed by atoms with Gasteiger partial charge in [0.05, 0.1) is 15.7 Å². The van der Waals surface area contributed by atoms with Crippen molar-refractivity contribution in [1.82, 2.24) is 4.90 Å². The molecule has 1 atom stereocenters. The van der Waals surface area contributed by atoms with Crippen LogP contribution in [0.15, 0.2) is 18.2 Å². The average molecular weight is 287 g/mol. The number of carbonyl (C=O) groups is 2. The Labute approximate surface area is 115 Å². The predicted molar refractivity (Wildman–Crippen MR) is 70.9 cm³/mol. The van der Waals surface area contributed by atoms with Crippen LogP contribution in [0.25, 0.3) is 0 Å². The molecule has 96 valence electrons. The monoisotopic (exact) mass is 286 g/mol. The van der Waals surface area contributed by atoms with Crippen molar-refractivity contribution < 1.29 is 9.59 Å². The van der Waals surface area contributed by atoms with Crippen LogP contribution in [0.3, 0.4) is 0 Å². The van der Waals surface area contributed by atoms with Gasteiger partial charge in [-0.3, -0.25) is 9.59 Å². The summed E-state index contributed by atoms with van der Waals surface area (Å²) < 4.78 is 0. The molecule has 4 nitrogen and oxygen atoms in total. The highest BCUT2D eigenvalue weighted by molar-refractivity contribution is 6.39. The second-order valence-corrected chi connectivity index (χ2v) is 4.96. The quantitative estimate of drug-likeness (QED) is 0.908. The fourth-order valence-corrected chi connectivity index (χ4v) is 2.43. The molecule has 0 bridgehead atoms. The Kier molecular flexibility index (Phi) is 3.78. The predicted octanol–water partition coefficient (Wildman–Crippen LogP) is 2.55. The molecule has 1 aromatic rings. The first-order valence-corrected chi connectivity index (χ1v) is 6.27. The normalized spacial score (nSPS) is 19.2. The molecule has 0 radical (unpaired) electrons. The third kappa shape index (κ3) is 2.44. The molecule has 1 heterocycles. The molecule has 0 aromatic heterocycles. The number of carbonyl (C=O) groups excluding carboxylic acids is 2. The van der Waals surface area contributed by atoms with Crippen molar-refractivity contribution in [2.75, 3.05) is 12.4 Å². The number of likely N-dealkylation sites (tertiary alicyclic amines) is 1. The van der Waals surface area contributed by atoms with Gasteiger partial charge in [-0.15, -0.1) is 0 Å². The summed E-state index contributed by atoms with van der Waals surface area (Å²) in [5.74, 6) is -0.293. The lowest BCUT2D eigenvalue weighted by Gasteiger charge is -2.19. The Morgan fingerprint density at radius 3 is 2.50 bits per heavy atom. The summed E-state index contributed by atoms with van der Waals surface area (Å²) in [6.07, 6.45) is 0.911. The summed E-state index contributed by atoms with van der Waals surface area (Å²) in [6, 6.07) is 4.54. The van der Waals surface area contributed by atoms with Gasteiger partial charge in [0.2, 0.25) is 11.8 Å². The zero-order valence-corrected chi connectivity index (χ0v) is 11.3. The van der Waals surface area contributed by atoms with Crippen molar-refractivity contribution >= 4 is 40.7 Å². The van der Waals surface area contributed by atoms with E-state index in [-0.39, 0.29) is 11.8 Å². The van der Waals surface area contributed by atoms with Gasteiger partial charge in [0, 0.05) is 13.5 Å². The molecule has 1 aliphatic heterocycles. The maximum atomic E-state index is 12.1. The van der Waals surface area contributed by atoms with Gasteiger partial charge in [-0.1, -0.05) is 29.3 Å². The number of hydrogen-bond acceptors (Lipinski definition) is 2. The number of para-hydroxylation sites is 1. The van der Waals surface area contributed by atoms with E-state index in [1.807, 2.05) is 0 Å². The van der Waals surface area contributed by atoms with Gasteiger partial charge in [0.1, 0.15) is 6.04 Å². The van der Waals surface area contributed by atoms with Crippen LogP contribution in [0.1, 0.15) is 12.8 Å². The number of rotatable bonds is 2. The highest BCUT2D eigenvalue weighted by atomic mass is 35.5. The molecular formula is C12H12Cl2N2O2. The highest BCUT2D eigenvalue weighted by Gasteiger charge is 2.33. The third-order valence-corrected chi connectivity index (χ3v) is 3.64. The molecule has 6 heteroatoms. The second-order valence-electron chi connectivity index (χ2n) is 4.15. The van der Waals surface area contributed by atoms with Crippen LogP contribution in [0.4, 0.5) is 5.69 Å². The minimum Gasteiger partial charge on any atom is -0.334 e. The van der Waals surface area contributed by atoms with Crippen molar-refractivity contribution in [3.63, 3.8) is 0 Å². The number of anilines is 1. The Morgan fingerprint density at radius 1 is 1.39 bits per heavy atom. The SMILES string of the molecule is CN1C(=O)CCC1C(=O)Nc1c(Cl)cccc1Cl. The van der Waals surface area contributed by atoms with Gasteiger partial charge in [0.25, 0.3) is 0 Å². The molecule has 2 amide bonds. The van der Waals surface area contributed by atoms with Crippen LogP contribution in [0, 0.1) is 0 Å². The maximum absolute atomic E-state index is 12.1. The van der Waals surface area contributed by atoms with Crippen LogP contribution in [0.5, 0.6) is 0 Å². The van der Waals surface area contributed by atoms with Crippen LogP contribution in [-0.2, 0) is 9.59 Å². The highest BCUT2D eigenvalue weighted by Crippen LogP contribution is 2.30. The van der Waals surface area contributed by atoms with Crippen molar-refractivity contribution in [2.24, 2.45) is 0 Å². The van der Waals surface area contributed by atoms with Crippen LogP contribution in [0.2, 0.25) is 10.0 Å². The Morgan fingerprint density at radius 2 is 2.00 bits per heavy atom. The number of benzene rings is 1. The molecule has 1 fully saturated rings. The summed E-state index contributed by atoms with van der Waals surface area (Å²) in [5.41, 5.74) is 0.388. The fraction of sp³-hybridized carbons (Fsp3) is 0.333. The summed E-state index contributed by atoms with van der Waals surface area (Å²) in [5, 5.41) is 3.43. The Balaban J connectivity index is 2.15. The van der Waals surface area contributed by atoms with Crippen molar-refractivity contribution in [3.05, 3.63) is 28.2 Å². The molecule has 2 rings (SSSR count). The van der Waals surface area contributed by atoms with Crippen molar-refractivity contribution in [2.45, 2.75) is 18.9 Å². The van der Waals surface area contributed by atoms with E-state index in [2.05, 4.69) is 5.32 Å². The number of likely N-dealkylation sites (N-methyl/N-ethyl adjacent to an activating group) is 1. The number of hydrogen-bond donors (Lipinski definition) is 1. The van der Waals surface area contributed by atoms with Crippen molar-refractivity contribution in [3.8, 4) is 0 Å². The lowest BCUT2D eigenvalue weighted by Crippen LogP contribution is -2.39. The van der Waals surface area contributed by atoms with Crippen molar-refractivity contribution in [1.29, 1.82) is 0 Å². The van der Waals surface area contributed by atoms with E-state index < -0.39 is 6.04 Å². The zero-order chi connectivity index (χ0) is 13.3. The van der Waals surface area contributed by atoms with Crippen LogP contribution >= 0.6 is 23.2 Å². The largest absolute Gasteiger partial charge is 0.334 e. The van der Waals surface area contributed by atoms with Gasteiger partial charge in [-0.05, 0) is 18.6 Å². The maximum Gasteiger partial charge on any atom is 0.247 e. The summed E-state index contributed by atoms with van der Waals surface area (Å²) in [7, 11) is 1.62. The lowest BCUT2D eigenvalue weighted by atomic mass is 10.2. The summed E-state index contributed by atoms with van der Waals surface area (Å²) in [4.78, 5) is 24.9. The van der Waals surface area contributed by atoms with Crippen LogP contribution in [-0.4, -0.2) is 29.8 Å². The molecule has 1 saturated heterocycles. The molecule has 1 aromatic carbocycles. The van der Waals surface area contributed by atoms with E-state index >= 15 is 0 Å². The average Bonchev–Trinajstić information content (AvgIpc) is 2.65. The summed E-state index contributed by atoms with van der Waals surface area (Å²) in [6.45, 7) is 0. The first kappa shape index (κ1) is 13.2. The van der Waals surface area contributed by atoms with E-state index in [1.165, 1.54) is 4.90 Å². The minimum absolute atomic E-state index is 0.0274. The van der Waals surface area contributed by atoms with Gasteiger partial charge in [-0.2, -0.15) is 0 Å². The van der Waals surface area contributed by atoms with E-state index in [1.54, 1.807) is 25.2 Å². The number of nitrogens with one attached hydrogen (secondary N) is 1. The van der Waals surface area contributed by atoms with Crippen LogP contribution < -0.4 is 5.32 Å². The first-order chi connectivity index (χ1) is 8.50. The van der Waals surface area contributed by atoms with E-state index in [4.69, 9.17) is 23.2 Å². The smallest absolute Gasteiger partial charge is 0.247 e. The fourth-order valence-electron chi connectivity index (χ4n) is 1.93. The molecule has 0 aliphatic carbocycles. The first-order valence-electron chi connectivity index (χ1n) is 5.51. The third-order valence-electron chi connectivity index (χ3n) is 3.01. The standard InChI is InChI=1S/C12H12Cl2N2O2/c1-16-9(5-6-10(16)17)12(18)15-11-7(13)3-2-4-8(11)14/h2-4,9H,5-6H2,1H3,(H,15,18). The molecule has 18 heavy (non-hydrogen) atoms. The number of nitrogens with zero attached hydrogens (tertiary/aromatic N) is 1. The molecule has 1 unspecified atom stereocenters. The number of amides is 2. The molecule has 1 N–H and O–H groups in total. The van der Waals surface area contributed by atoms with Gasteiger partial charge in [-0.25, -0.2) is 0 Å². The molecule has 0 spiro atoms. The van der Waals surface area contributed by atoms with E-state index in [0.29, 0.717) is 28.6 Å². The second kappa shape index (κ2) is 5.16. The molecular weight excluding hydrogens is 275 g/mol. The minimum atomic E-state index is -0.454. The molecule has 0 saturated carbocycles. The Hall–Kier alpha value is -1.26. The van der Waals surface area contributed by atoms with Gasteiger partial charge in [0.15, 0.2) is 0 Å².